The Hall–Kier alpha value is -2.81. The molecule has 3 aromatic rings. The maximum atomic E-state index is 11.4. The fourth-order valence-corrected chi connectivity index (χ4v) is 4.88. The number of amides is 1. The largest absolute Gasteiger partial charge is 0.341 e. The molecule has 2 fully saturated rings. The number of hydroxylamine groups is 1. The lowest BCUT2D eigenvalue weighted by Gasteiger charge is -2.39. The molecule has 32 heavy (non-hydrogen) atoms. The summed E-state index contributed by atoms with van der Waals surface area (Å²) in [5, 5.41) is 9.91. The Morgan fingerprint density at radius 1 is 1.03 bits per heavy atom. The number of carbonyl (C=O) groups excluding carboxylic acids is 1. The quantitative estimate of drug-likeness (QED) is 0.462. The number of rotatable bonds is 4. The van der Waals surface area contributed by atoms with Crippen LogP contribution in [0.15, 0.2) is 48.9 Å². The molecule has 0 atom stereocenters. The van der Waals surface area contributed by atoms with Gasteiger partial charge in [0.15, 0.2) is 0 Å². The number of para-hydroxylation sites is 1. The number of pyridine rings is 1. The van der Waals surface area contributed by atoms with Crippen molar-refractivity contribution in [3.05, 3.63) is 60.0 Å². The zero-order chi connectivity index (χ0) is 21.3. The van der Waals surface area contributed by atoms with Crippen molar-refractivity contribution < 1.29 is 10.0 Å². The first kappa shape index (κ1) is 22.4. The molecule has 8 nitrogen and oxygen atoms in total. The molecule has 1 aromatic carbocycles. The van der Waals surface area contributed by atoms with Gasteiger partial charge in [0.05, 0.1) is 11.1 Å². The van der Waals surface area contributed by atoms with E-state index in [1.165, 1.54) is 29.8 Å². The number of carbonyl (C=O) groups is 1. The standard InChI is InChI=1S/C23H26N6O2.ClH/c30-21(27-31)19-13-25-22(26-14-19)29-9-6-23(7-10-29)5-8-28(16-23)15-17-11-18-3-1-2-4-20(18)24-12-17;/h1-4,11-14,31H,5-10,15-16H2,(H,27,30);1H. The molecule has 9 heteroatoms. The maximum absolute atomic E-state index is 11.4. The summed E-state index contributed by atoms with van der Waals surface area (Å²) in [6.07, 6.45) is 8.36. The molecule has 0 saturated carbocycles. The van der Waals surface area contributed by atoms with Crippen LogP contribution in [0, 0.1) is 5.41 Å². The van der Waals surface area contributed by atoms with Crippen LogP contribution in [-0.4, -0.2) is 57.1 Å². The number of fused-ring (bicyclic) bond motifs is 1. The summed E-state index contributed by atoms with van der Waals surface area (Å²) in [6.45, 7) is 5.01. The van der Waals surface area contributed by atoms with Crippen LogP contribution in [-0.2, 0) is 6.54 Å². The number of nitrogens with zero attached hydrogens (tertiary/aromatic N) is 5. The van der Waals surface area contributed by atoms with Crippen molar-refractivity contribution in [2.75, 3.05) is 31.1 Å². The first-order valence-electron chi connectivity index (χ1n) is 10.7. The van der Waals surface area contributed by atoms with Crippen LogP contribution in [0.2, 0.25) is 0 Å². The topological polar surface area (TPSA) is 94.5 Å². The lowest BCUT2D eigenvalue weighted by atomic mass is 9.78. The number of benzene rings is 1. The van der Waals surface area contributed by atoms with Crippen LogP contribution in [0.3, 0.4) is 0 Å². The summed E-state index contributed by atoms with van der Waals surface area (Å²) in [4.78, 5) is 29.4. The molecule has 2 aliphatic rings. The first-order chi connectivity index (χ1) is 15.1. The van der Waals surface area contributed by atoms with Gasteiger partial charge in [0, 0.05) is 50.2 Å². The van der Waals surface area contributed by atoms with Gasteiger partial charge in [-0.1, -0.05) is 18.2 Å². The fraction of sp³-hybridized carbons (Fsp3) is 0.391. The van der Waals surface area contributed by atoms with E-state index < -0.39 is 5.91 Å². The number of anilines is 1. The zero-order valence-electron chi connectivity index (χ0n) is 17.8. The van der Waals surface area contributed by atoms with Crippen molar-refractivity contribution in [1.29, 1.82) is 0 Å². The van der Waals surface area contributed by atoms with Crippen LogP contribution in [0.1, 0.15) is 35.2 Å². The van der Waals surface area contributed by atoms with Crippen molar-refractivity contribution in [2.45, 2.75) is 25.8 Å². The summed E-state index contributed by atoms with van der Waals surface area (Å²) in [5.74, 6) is 0.0400. The molecule has 0 radical (unpaired) electrons. The highest BCUT2D eigenvalue weighted by Gasteiger charge is 2.40. The average Bonchev–Trinajstić information content (AvgIpc) is 3.20. The summed E-state index contributed by atoms with van der Waals surface area (Å²) < 4.78 is 0. The molecule has 0 bridgehead atoms. The van der Waals surface area contributed by atoms with Crippen molar-refractivity contribution in [1.82, 2.24) is 25.3 Å². The monoisotopic (exact) mass is 454 g/mol. The summed E-state index contributed by atoms with van der Waals surface area (Å²) in [5.41, 5.74) is 4.52. The molecule has 2 saturated heterocycles. The highest BCUT2D eigenvalue weighted by atomic mass is 35.5. The maximum Gasteiger partial charge on any atom is 0.277 e. The Balaban J connectivity index is 0.00000245. The third-order valence-corrected chi connectivity index (χ3v) is 6.68. The minimum Gasteiger partial charge on any atom is -0.341 e. The number of likely N-dealkylation sites (tertiary alicyclic amines) is 1. The summed E-state index contributed by atoms with van der Waals surface area (Å²) in [7, 11) is 0. The van der Waals surface area contributed by atoms with Gasteiger partial charge in [-0.2, -0.15) is 0 Å². The normalized spacial score (nSPS) is 18.0. The van der Waals surface area contributed by atoms with Crippen molar-refractivity contribution in [3.8, 4) is 0 Å². The van der Waals surface area contributed by atoms with Gasteiger partial charge in [-0.15, -0.1) is 12.4 Å². The molecule has 0 aliphatic carbocycles. The average molecular weight is 455 g/mol. The van der Waals surface area contributed by atoms with E-state index in [1.54, 1.807) is 5.48 Å². The highest BCUT2D eigenvalue weighted by Crippen LogP contribution is 2.41. The predicted octanol–water partition coefficient (Wildman–Crippen LogP) is 3.06. The van der Waals surface area contributed by atoms with Crippen LogP contribution >= 0.6 is 12.4 Å². The Kier molecular flexibility index (Phi) is 6.55. The first-order valence-corrected chi connectivity index (χ1v) is 10.7. The van der Waals surface area contributed by atoms with Gasteiger partial charge in [0.25, 0.3) is 5.91 Å². The van der Waals surface area contributed by atoms with Crippen molar-refractivity contribution in [3.63, 3.8) is 0 Å². The SMILES string of the molecule is Cl.O=C(NO)c1cnc(N2CCC3(CCN(Cc4cnc5ccccc5c4)C3)CC2)nc1. The number of halogens is 1. The minimum atomic E-state index is -0.600. The number of piperidine rings is 1. The molecular weight excluding hydrogens is 428 g/mol. The minimum absolute atomic E-state index is 0. The number of hydrogen-bond donors (Lipinski definition) is 2. The molecule has 1 amide bonds. The van der Waals surface area contributed by atoms with E-state index in [-0.39, 0.29) is 18.0 Å². The second-order valence-corrected chi connectivity index (χ2v) is 8.70. The molecule has 1 spiro atoms. The number of nitrogens with one attached hydrogen (secondary N) is 1. The Morgan fingerprint density at radius 2 is 1.75 bits per heavy atom. The molecule has 168 valence electrons. The van der Waals surface area contributed by atoms with Crippen molar-refractivity contribution >= 4 is 35.2 Å². The lowest BCUT2D eigenvalue weighted by molar-refractivity contribution is 0.0705. The van der Waals surface area contributed by atoms with E-state index in [4.69, 9.17) is 5.21 Å². The molecule has 4 heterocycles. The van der Waals surface area contributed by atoms with Gasteiger partial charge < -0.3 is 4.90 Å². The molecule has 2 aromatic heterocycles. The van der Waals surface area contributed by atoms with E-state index in [1.807, 2.05) is 12.3 Å². The third kappa shape index (κ3) is 4.53. The smallest absolute Gasteiger partial charge is 0.277 e. The van der Waals surface area contributed by atoms with Gasteiger partial charge >= 0.3 is 0 Å². The van der Waals surface area contributed by atoms with Crippen LogP contribution in [0.25, 0.3) is 10.9 Å². The lowest BCUT2D eigenvalue weighted by Crippen LogP contribution is -2.42. The van der Waals surface area contributed by atoms with Crippen LogP contribution in [0.5, 0.6) is 0 Å². The van der Waals surface area contributed by atoms with Gasteiger partial charge in [-0.3, -0.25) is 19.9 Å². The Labute approximate surface area is 193 Å². The Bertz CT molecular complexity index is 1090. The predicted molar refractivity (Wildman–Crippen MR) is 124 cm³/mol. The van der Waals surface area contributed by atoms with Gasteiger partial charge in [0.1, 0.15) is 0 Å². The highest BCUT2D eigenvalue weighted by molar-refractivity contribution is 5.92. The molecule has 2 aliphatic heterocycles. The van der Waals surface area contributed by atoms with E-state index >= 15 is 0 Å². The van der Waals surface area contributed by atoms with E-state index in [2.05, 4.69) is 49.0 Å². The molecule has 0 unspecified atom stereocenters. The molecule has 2 N–H and O–H groups in total. The van der Waals surface area contributed by atoms with E-state index in [0.29, 0.717) is 11.4 Å². The summed E-state index contributed by atoms with van der Waals surface area (Å²) >= 11 is 0. The number of aromatic nitrogens is 3. The van der Waals surface area contributed by atoms with Gasteiger partial charge in [0.2, 0.25) is 5.95 Å². The summed E-state index contributed by atoms with van der Waals surface area (Å²) in [6, 6.07) is 10.5. The van der Waals surface area contributed by atoms with Crippen molar-refractivity contribution in [2.24, 2.45) is 5.41 Å². The second kappa shape index (κ2) is 9.36. The third-order valence-electron chi connectivity index (χ3n) is 6.68. The Morgan fingerprint density at radius 3 is 2.50 bits per heavy atom. The molecular formula is C23H27ClN6O2. The molecule has 5 rings (SSSR count). The van der Waals surface area contributed by atoms with E-state index in [0.717, 1.165) is 51.1 Å². The van der Waals surface area contributed by atoms with Gasteiger partial charge in [-0.05, 0) is 48.9 Å². The van der Waals surface area contributed by atoms with Crippen LogP contribution < -0.4 is 10.4 Å². The number of hydrogen-bond acceptors (Lipinski definition) is 7. The van der Waals surface area contributed by atoms with Gasteiger partial charge in [-0.25, -0.2) is 15.4 Å². The zero-order valence-corrected chi connectivity index (χ0v) is 18.6. The van der Waals surface area contributed by atoms with Crippen LogP contribution in [0.4, 0.5) is 5.95 Å². The fourth-order valence-electron chi connectivity index (χ4n) is 4.88. The second-order valence-electron chi connectivity index (χ2n) is 8.70. The van der Waals surface area contributed by atoms with E-state index in [9.17, 15) is 4.79 Å².